The Kier molecular flexibility index (Phi) is 8.53. The molecule has 0 bridgehead atoms. The van der Waals surface area contributed by atoms with E-state index in [0.29, 0.717) is 12.5 Å². The van der Waals surface area contributed by atoms with Gasteiger partial charge in [-0.1, -0.05) is 42.0 Å². The lowest BCUT2D eigenvalue weighted by atomic mass is 10.00. The number of hydrogen-bond acceptors (Lipinski definition) is 2. The molecule has 0 amide bonds. The van der Waals surface area contributed by atoms with Crippen molar-refractivity contribution in [3.63, 3.8) is 0 Å². The van der Waals surface area contributed by atoms with Crippen molar-refractivity contribution in [1.82, 2.24) is 5.32 Å². The summed E-state index contributed by atoms with van der Waals surface area (Å²) in [7, 11) is 0. The molecule has 0 aliphatic carbocycles. The molecular weight excluding hydrogens is 274 g/mol. The smallest absolute Gasteiger partial charge is 0.303 e. The van der Waals surface area contributed by atoms with Crippen molar-refractivity contribution < 1.29 is 9.90 Å². The average molecular weight is 303 g/mol. The van der Waals surface area contributed by atoms with Gasteiger partial charge >= 0.3 is 5.97 Å². The van der Waals surface area contributed by atoms with Gasteiger partial charge in [0.1, 0.15) is 0 Å². The molecule has 1 aromatic carbocycles. The highest BCUT2D eigenvalue weighted by Gasteiger charge is 2.14. The van der Waals surface area contributed by atoms with Crippen molar-refractivity contribution >= 4 is 5.97 Å². The van der Waals surface area contributed by atoms with Crippen LogP contribution in [0, 0.1) is 0 Å². The fourth-order valence-electron chi connectivity index (χ4n) is 2.55. The molecule has 1 rings (SSSR count). The lowest BCUT2D eigenvalue weighted by Crippen LogP contribution is -2.38. The van der Waals surface area contributed by atoms with Gasteiger partial charge in [0.25, 0.3) is 0 Å². The third kappa shape index (κ3) is 8.63. The van der Waals surface area contributed by atoms with Crippen molar-refractivity contribution in [3.05, 3.63) is 47.5 Å². The number of carboxylic acid groups (broad SMARTS) is 1. The monoisotopic (exact) mass is 303 g/mol. The Hall–Kier alpha value is -1.61. The number of aliphatic carboxylic acids is 1. The van der Waals surface area contributed by atoms with Crippen molar-refractivity contribution in [2.24, 2.45) is 0 Å². The first-order valence-corrected chi connectivity index (χ1v) is 8.12. The van der Waals surface area contributed by atoms with E-state index in [0.717, 1.165) is 19.3 Å². The zero-order chi connectivity index (χ0) is 16.4. The maximum atomic E-state index is 10.9. The number of carboxylic acids is 1. The van der Waals surface area contributed by atoms with E-state index in [-0.39, 0.29) is 12.5 Å². The molecule has 0 aliphatic rings. The van der Waals surface area contributed by atoms with Crippen molar-refractivity contribution in [2.45, 2.75) is 65.0 Å². The fourth-order valence-corrected chi connectivity index (χ4v) is 2.55. The summed E-state index contributed by atoms with van der Waals surface area (Å²) in [5, 5.41) is 12.5. The number of nitrogens with one attached hydrogen (secondary N) is 1. The van der Waals surface area contributed by atoms with Gasteiger partial charge in [0.15, 0.2) is 0 Å². The SMILES string of the molecule is CC(C)=CCCC(C)NC(CCC(=O)O)Cc1ccccc1. The topological polar surface area (TPSA) is 49.3 Å². The lowest BCUT2D eigenvalue weighted by Gasteiger charge is -2.23. The third-order valence-electron chi connectivity index (χ3n) is 3.70. The van der Waals surface area contributed by atoms with E-state index in [1.54, 1.807) is 0 Å². The van der Waals surface area contributed by atoms with Crippen LogP contribution in [-0.2, 0) is 11.2 Å². The number of allylic oxidation sites excluding steroid dienone is 2. The Balaban J connectivity index is 2.53. The summed E-state index contributed by atoms with van der Waals surface area (Å²) in [6, 6.07) is 10.9. The maximum absolute atomic E-state index is 10.9. The van der Waals surface area contributed by atoms with Gasteiger partial charge in [-0.05, 0) is 52.0 Å². The van der Waals surface area contributed by atoms with Crippen LogP contribution in [-0.4, -0.2) is 23.2 Å². The molecule has 0 aliphatic heterocycles. The molecule has 2 atom stereocenters. The van der Waals surface area contributed by atoms with Gasteiger partial charge in [-0.3, -0.25) is 4.79 Å². The van der Waals surface area contributed by atoms with E-state index in [1.165, 1.54) is 11.1 Å². The zero-order valence-electron chi connectivity index (χ0n) is 14.0. The maximum Gasteiger partial charge on any atom is 0.303 e. The summed E-state index contributed by atoms with van der Waals surface area (Å²) >= 11 is 0. The van der Waals surface area contributed by atoms with Crippen LogP contribution in [0.25, 0.3) is 0 Å². The standard InChI is InChI=1S/C19H29NO2/c1-15(2)8-7-9-16(3)20-18(12-13-19(21)22)14-17-10-5-4-6-11-17/h4-6,8,10-11,16,18,20H,7,9,12-14H2,1-3H3,(H,21,22). The van der Waals surface area contributed by atoms with Gasteiger partial charge in [0.05, 0.1) is 0 Å². The van der Waals surface area contributed by atoms with Gasteiger partial charge < -0.3 is 10.4 Å². The molecule has 0 radical (unpaired) electrons. The minimum Gasteiger partial charge on any atom is -0.481 e. The van der Waals surface area contributed by atoms with E-state index >= 15 is 0 Å². The van der Waals surface area contributed by atoms with E-state index < -0.39 is 5.97 Å². The molecule has 122 valence electrons. The minimum atomic E-state index is -0.725. The minimum absolute atomic E-state index is 0.209. The number of carbonyl (C=O) groups is 1. The Labute approximate surface area is 134 Å². The summed E-state index contributed by atoms with van der Waals surface area (Å²) in [5.41, 5.74) is 2.60. The second-order valence-electron chi connectivity index (χ2n) is 6.25. The van der Waals surface area contributed by atoms with Crippen LogP contribution in [0.3, 0.4) is 0 Å². The Bertz CT molecular complexity index is 464. The fraction of sp³-hybridized carbons (Fsp3) is 0.526. The van der Waals surface area contributed by atoms with Crippen molar-refractivity contribution in [3.8, 4) is 0 Å². The predicted octanol–water partition coefficient (Wildman–Crippen LogP) is 4.19. The van der Waals surface area contributed by atoms with Crippen molar-refractivity contribution in [1.29, 1.82) is 0 Å². The van der Waals surface area contributed by atoms with Gasteiger partial charge in [-0.15, -0.1) is 0 Å². The molecular formula is C19H29NO2. The number of benzene rings is 1. The van der Waals surface area contributed by atoms with Crippen LogP contribution < -0.4 is 5.32 Å². The van der Waals surface area contributed by atoms with Crippen LogP contribution in [0.4, 0.5) is 0 Å². The van der Waals surface area contributed by atoms with Gasteiger partial charge in [0.2, 0.25) is 0 Å². The number of hydrogen-bond donors (Lipinski definition) is 2. The highest BCUT2D eigenvalue weighted by atomic mass is 16.4. The first-order chi connectivity index (χ1) is 10.5. The average Bonchev–Trinajstić information content (AvgIpc) is 2.45. The van der Waals surface area contributed by atoms with E-state index in [4.69, 9.17) is 5.11 Å². The zero-order valence-corrected chi connectivity index (χ0v) is 14.0. The second-order valence-corrected chi connectivity index (χ2v) is 6.25. The third-order valence-corrected chi connectivity index (χ3v) is 3.70. The molecule has 0 saturated carbocycles. The van der Waals surface area contributed by atoms with E-state index in [2.05, 4.69) is 44.3 Å². The second kappa shape index (κ2) is 10.2. The van der Waals surface area contributed by atoms with E-state index in [9.17, 15) is 4.79 Å². The molecule has 0 saturated heterocycles. The summed E-state index contributed by atoms with van der Waals surface area (Å²) in [4.78, 5) is 10.9. The molecule has 22 heavy (non-hydrogen) atoms. The molecule has 2 unspecified atom stereocenters. The van der Waals surface area contributed by atoms with Crippen LogP contribution >= 0.6 is 0 Å². The molecule has 0 aromatic heterocycles. The summed E-state index contributed by atoms with van der Waals surface area (Å²) in [5.74, 6) is -0.725. The summed E-state index contributed by atoms with van der Waals surface area (Å²) in [6.45, 7) is 6.41. The Morgan fingerprint density at radius 3 is 2.50 bits per heavy atom. The van der Waals surface area contributed by atoms with Crippen molar-refractivity contribution in [2.75, 3.05) is 0 Å². The largest absolute Gasteiger partial charge is 0.481 e. The Morgan fingerprint density at radius 2 is 1.91 bits per heavy atom. The highest BCUT2D eigenvalue weighted by Crippen LogP contribution is 2.10. The van der Waals surface area contributed by atoms with Crippen LogP contribution in [0.2, 0.25) is 0 Å². The molecule has 0 heterocycles. The van der Waals surface area contributed by atoms with Gasteiger partial charge in [-0.25, -0.2) is 0 Å². The molecule has 0 spiro atoms. The quantitative estimate of drug-likeness (QED) is 0.637. The van der Waals surface area contributed by atoms with Crippen LogP contribution in [0.15, 0.2) is 42.0 Å². The summed E-state index contributed by atoms with van der Waals surface area (Å²) < 4.78 is 0. The van der Waals surface area contributed by atoms with Gasteiger partial charge in [0, 0.05) is 18.5 Å². The molecule has 1 aromatic rings. The number of rotatable bonds is 10. The van der Waals surface area contributed by atoms with Crippen LogP contribution in [0.1, 0.15) is 52.0 Å². The first-order valence-electron chi connectivity index (χ1n) is 8.12. The summed E-state index contributed by atoms with van der Waals surface area (Å²) in [6.07, 6.45) is 6.14. The lowest BCUT2D eigenvalue weighted by molar-refractivity contribution is -0.137. The molecule has 3 heteroatoms. The predicted molar refractivity (Wildman–Crippen MR) is 92.1 cm³/mol. The first kappa shape index (κ1) is 18.4. The Morgan fingerprint density at radius 1 is 1.23 bits per heavy atom. The van der Waals surface area contributed by atoms with Crippen LogP contribution in [0.5, 0.6) is 0 Å². The van der Waals surface area contributed by atoms with Gasteiger partial charge in [-0.2, -0.15) is 0 Å². The van der Waals surface area contributed by atoms with E-state index in [1.807, 2.05) is 18.2 Å². The molecule has 3 nitrogen and oxygen atoms in total. The normalized spacial score (nSPS) is 13.4. The molecule has 0 fully saturated rings. The highest BCUT2D eigenvalue weighted by molar-refractivity contribution is 5.66. The molecule has 2 N–H and O–H groups in total.